The molecule has 0 aliphatic heterocycles. The van der Waals surface area contributed by atoms with Crippen LogP contribution in [0.25, 0.3) is 0 Å². The summed E-state index contributed by atoms with van der Waals surface area (Å²) in [6.45, 7) is 0.327. The normalized spacial score (nSPS) is 11.2. The van der Waals surface area contributed by atoms with Crippen molar-refractivity contribution < 1.29 is 18.0 Å². The molecule has 0 atom stereocenters. The predicted molar refractivity (Wildman–Crippen MR) is 64.3 cm³/mol. The minimum atomic E-state index is -3.87. The highest BCUT2D eigenvalue weighted by Gasteiger charge is 2.18. The van der Waals surface area contributed by atoms with E-state index in [2.05, 4.69) is 0 Å². The molecule has 0 unspecified atom stereocenters. The van der Waals surface area contributed by atoms with E-state index in [-0.39, 0.29) is 28.7 Å². The van der Waals surface area contributed by atoms with Crippen LogP contribution in [0.4, 0.5) is 0 Å². The Labute approximate surface area is 110 Å². The van der Waals surface area contributed by atoms with E-state index in [1.54, 1.807) is 0 Å². The van der Waals surface area contributed by atoms with Gasteiger partial charge in [-0.05, 0) is 18.2 Å². The number of nitrogens with zero attached hydrogens (tertiary/aromatic N) is 1. The lowest BCUT2D eigenvalue weighted by molar-refractivity contribution is 0.0438. The lowest BCUT2D eigenvalue weighted by Gasteiger charge is -2.08. The van der Waals surface area contributed by atoms with Crippen molar-refractivity contribution in [3.63, 3.8) is 0 Å². The smallest absolute Gasteiger partial charge is 0.263 e. The Hall–Kier alpha value is -1.17. The van der Waals surface area contributed by atoms with Crippen molar-refractivity contribution in [2.75, 3.05) is 20.3 Å². The summed E-state index contributed by atoms with van der Waals surface area (Å²) in [5.74, 6) is 0. The average Bonchev–Trinajstić information content (AvgIpc) is 2.34. The fourth-order valence-electron chi connectivity index (χ4n) is 1.08. The predicted octanol–water partition coefficient (Wildman–Crippen LogP) is 1.07. The van der Waals surface area contributed by atoms with E-state index < -0.39 is 10.0 Å². The Balaban J connectivity index is 2.82. The van der Waals surface area contributed by atoms with E-state index in [4.69, 9.17) is 26.4 Å². The third kappa shape index (κ3) is 3.94. The molecule has 1 aromatic rings. The maximum absolute atomic E-state index is 11.8. The van der Waals surface area contributed by atoms with Gasteiger partial charge in [-0.2, -0.15) is 5.26 Å². The SMILES string of the molecule is COCCONS(=O)(=O)c1ccc(C#N)cc1Cl. The molecule has 18 heavy (non-hydrogen) atoms. The summed E-state index contributed by atoms with van der Waals surface area (Å²) in [6.07, 6.45) is 0. The quantitative estimate of drug-likeness (QED) is 0.625. The summed E-state index contributed by atoms with van der Waals surface area (Å²) in [6, 6.07) is 5.72. The maximum atomic E-state index is 11.8. The molecule has 0 amide bonds. The van der Waals surface area contributed by atoms with Crippen LogP contribution < -0.4 is 4.89 Å². The van der Waals surface area contributed by atoms with Gasteiger partial charge in [0.2, 0.25) is 0 Å². The summed E-state index contributed by atoms with van der Waals surface area (Å²) < 4.78 is 28.2. The van der Waals surface area contributed by atoms with Crippen molar-refractivity contribution in [2.24, 2.45) is 0 Å². The minimum absolute atomic E-state index is 0.0445. The van der Waals surface area contributed by atoms with E-state index in [1.165, 1.54) is 25.3 Å². The zero-order valence-corrected chi connectivity index (χ0v) is 11.1. The van der Waals surface area contributed by atoms with Gasteiger partial charge in [-0.25, -0.2) is 8.42 Å². The molecule has 0 spiro atoms. The molecule has 0 saturated carbocycles. The standard InChI is InChI=1S/C10H11ClN2O4S/c1-16-4-5-17-13-18(14,15)10-3-2-8(7-12)6-9(10)11/h2-3,6,13H,4-5H2,1H3. The highest BCUT2D eigenvalue weighted by Crippen LogP contribution is 2.22. The van der Waals surface area contributed by atoms with Crippen LogP contribution in [0.1, 0.15) is 5.56 Å². The molecule has 6 nitrogen and oxygen atoms in total. The Morgan fingerprint density at radius 1 is 1.44 bits per heavy atom. The molecule has 98 valence electrons. The molecule has 0 aliphatic carbocycles. The van der Waals surface area contributed by atoms with Crippen LogP contribution in [0, 0.1) is 11.3 Å². The second-order valence-electron chi connectivity index (χ2n) is 3.19. The Bertz CT molecular complexity index is 553. The molecular weight excluding hydrogens is 280 g/mol. The molecule has 0 aliphatic rings. The molecule has 0 bridgehead atoms. The van der Waals surface area contributed by atoms with Gasteiger partial charge in [0, 0.05) is 7.11 Å². The topological polar surface area (TPSA) is 88.4 Å². The molecular formula is C10H11ClN2O4S. The van der Waals surface area contributed by atoms with Gasteiger partial charge in [0.1, 0.15) is 4.90 Å². The van der Waals surface area contributed by atoms with Crippen LogP contribution in [0.15, 0.2) is 23.1 Å². The van der Waals surface area contributed by atoms with Crippen molar-refractivity contribution in [3.8, 4) is 6.07 Å². The van der Waals surface area contributed by atoms with Crippen molar-refractivity contribution in [1.82, 2.24) is 4.89 Å². The van der Waals surface area contributed by atoms with E-state index in [9.17, 15) is 8.42 Å². The average molecular weight is 291 g/mol. The second kappa shape index (κ2) is 6.68. The number of methoxy groups -OCH3 is 1. The lowest BCUT2D eigenvalue weighted by atomic mass is 10.2. The molecule has 0 aromatic heterocycles. The number of halogens is 1. The van der Waals surface area contributed by atoms with E-state index in [0.29, 0.717) is 0 Å². The number of sulfonamides is 1. The lowest BCUT2D eigenvalue weighted by Crippen LogP contribution is -2.26. The van der Waals surface area contributed by atoms with Crippen molar-refractivity contribution in [3.05, 3.63) is 28.8 Å². The number of hydrogen-bond acceptors (Lipinski definition) is 5. The highest BCUT2D eigenvalue weighted by molar-refractivity contribution is 7.89. The van der Waals surface area contributed by atoms with Gasteiger partial charge in [-0.15, -0.1) is 0 Å². The summed E-state index contributed by atoms with van der Waals surface area (Å²) in [7, 11) is -2.40. The van der Waals surface area contributed by atoms with Gasteiger partial charge in [0.05, 0.1) is 29.9 Å². The Kier molecular flexibility index (Phi) is 5.53. The van der Waals surface area contributed by atoms with Gasteiger partial charge in [-0.3, -0.25) is 4.84 Å². The van der Waals surface area contributed by atoms with Gasteiger partial charge in [-0.1, -0.05) is 16.5 Å². The number of nitriles is 1. The van der Waals surface area contributed by atoms with Crippen LogP contribution in [0.5, 0.6) is 0 Å². The van der Waals surface area contributed by atoms with Crippen LogP contribution in [0.3, 0.4) is 0 Å². The molecule has 0 radical (unpaired) electrons. The van der Waals surface area contributed by atoms with Crippen molar-refractivity contribution in [1.29, 1.82) is 5.26 Å². The van der Waals surface area contributed by atoms with Gasteiger partial charge < -0.3 is 4.74 Å². The molecule has 1 N–H and O–H groups in total. The zero-order chi connectivity index (χ0) is 13.6. The number of benzene rings is 1. The van der Waals surface area contributed by atoms with Crippen LogP contribution in [0.2, 0.25) is 5.02 Å². The number of ether oxygens (including phenoxy) is 1. The summed E-state index contributed by atoms with van der Waals surface area (Å²) in [4.78, 5) is 6.48. The summed E-state index contributed by atoms with van der Waals surface area (Å²) in [5, 5.41) is 8.60. The first-order valence-corrected chi connectivity index (χ1v) is 6.69. The van der Waals surface area contributed by atoms with E-state index >= 15 is 0 Å². The fraction of sp³-hybridized carbons (Fsp3) is 0.300. The largest absolute Gasteiger partial charge is 0.382 e. The first-order chi connectivity index (χ1) is 8.51. The Morgan fingerprint density at radius 3 is 2.72 bits per heavy atom. The first-order valence-electron chi connectivity index (χ1n) is 4.83. The third-order valence-corrected chi connectivity index (χ3v) is 3.61. The van der Waals surface area contributed by atoms with Crippen molar-refractivity contribution in [2.45, 2.75) is 4.90 Å². The molecule has 8 heteroatoms. The molecule has 1 aromatic carbocycles. The second-order valence-corrected chi connectivity index (χ2v) is 5.21. The van der Waals surface area contributed by atoms with Crippen LogP contribution in [-0.2, 0) is 19.6 Å². The molecule has 0 fully saturated rings. The van der Waals surface area contributed by atoms with Gasteiger partial charge >= 0.3 is 0 Å². The van der Waals surface area contributed by atoms with Crippen LogP contribution >= 0.6 is 11.6 Å². The third-order valence-electron chi connectivity index (χ3n) is 1.91. The van der Waals surface area contributed by atoms with Gasteiger partial charge in [0.25, 0.3) is 10.0 Å². The first kappa shape index (κ1) is 14.9. The number of nitrogens with one attached hydrogen (secondary N) is 1. The molecule has 0 heterocycles. The maximum Gasteiger partial charge on any atom is 0.263 e. The van der Waals surface area contributed by atoms with Gasteiger partial charge in [0.15, 0.2) is 0 Å². The minimum Gasteiger partial charge on any atom is -0.382 e. The molecule has 0 saturated heterocycles. The van der Waals surface area contributed by atoms with E-state index in [0.717, 1.165) is 0 Å². The summed E-state index contributed by atoms with van der Waals surface area (Å²) >= 11 is 5.78. The number of hydrogen-bond donors (Lipinski definition) is 1. The molecule has 1 rings (SSSR count). The monoisotopic (exact) mass is 290 g/mol. The highest BCUT2D eigenvalue weighted by atomic mass is 35.5. The van der Waals surface area contributed by atoms with Crippen LogP contribution in [-0.4, -0.2) is 28.7 Å². The fourth-order valence-corrected chi connectivity index (χ4v) is 2.45. The van der Waals surface area contributed by atoms with E-state index in [1.807, 2.05) is 11.0 Å². The number of rotatable bonds is 6. The van der Waals surface area contributed by atoms with Crippen molar-refractivity contribution >= 4 is 21.6 Å². The summed E-state index contributed by atoms with van der Waals surface area (Å²) in [5.41, 5.74) is 0.277. The Morgan fingerprint density at radius 2 is 2.17 bits per heavy atom. The zero-order valence-electron chi connectivity index (χ0n) is 9.51.